The Bertz CT molecular complexity index is 357. The lowest BCUT2D eigenvalue weighted by atomic mass is 10.0. The van der Waals surface area contributed by atoms with E-state index in [1.807, 2.05) is 6.92 Å². The summed E-state index contributed by atoms with van der Waals surface area (Å²) in [4.78, 5) is 0. The molecule has 1 unspecified atom stereocenters. The Balaban J connectivity index is 2.65. The fraction of sp³-hybridized carbons (Fsp3) is 0.429. The third-order valence-electron chi connectivity index (χ3n) is 2.73. The summed E-state index contributed by atoms with van der Waals surface area (Å²) in [5.41, 5.74) is 5.44. The van der Waals surface area contributed by atoms with E-state index >= 15 is 0 Å². The zero-order chi connectivity index (χ0) is 11.8. The van der Waals surface area contributed by atoms with Crippen LogP contribution in [0.4, 0.5) is 0 Å². The highest BCUT2D eigenvalue weighted by Gasteiger charge is 2.07. The van der Waals surface area contributed by atoms with Gasteiger partial charge in [-0.05, 0) is 30.9 Å². The minimum atomic E-state index is 0.201. The monoisotopic (exact) mass is 216 g/mol. The summed E-state index contributed by atoms with van der Waals surface area (Å²) in [6, 6.07) is 8.80. The molecule has 0 radical (unpaired) electrons. The highest BCUT2D eigenvalue weighted by atomic mass is 15.2. The van der Waals surface area contributed by atoms with Crippen molar-refractivity contribution in [1.29, 1.82) is 0 Å². The lowest BCUT2D eigenvalue weighted by Gasteiger charge is -2.15. The van der Waals surface area contributed by atoms with E-state index in [-0.39, 0.29) is 6.04 Å². The van der Waals surface area contributed by atoms with Gasteiger partial charge in [-0.3, -0.25) is 11.3 Å². The largest absolute Gasteiger partial charge is 0.271 e. The van der Waals surface area contributed by atoms with E-state index in [4.69, 9.17) is 5.84 Å². The second-order valence-electron chi connectivity index (χ2n) is 3.78. The van der Waals surface area contributed by atoms with E-state index in [0.29, 0.717) is 0 Å². The number of hydrazine groups is 1. The highest BCUT2D eigenvalue weighted by molar-refractivity contribution is 5.25. The number of hydrogen-bond acceptors (Lipinski definition) is 2. The molecule has 0 saturated carbocycles. The molecule has 1 aromatic rings. The average Bonchev–Trinajstić information content (AvgIpc) is 2.35. The quantitative estimate of drug-likeness (QED) is 0.451. The van der Waals surface area contributed by atoms with Crippen molar-refractivity contribution >= 4 is 0 Å². The first kappa shape index (κ1) is 12.8. The third kappa shape index (κ3) is 3.69. The van der Waals surface area contributed by atoms with Gasteiger partial charge in [0, 0.05) is 12.5 Å². The van der Waals surface area contributed by atoms with Crippen LogP contribution in [-0.2, 0) is 6.42 Å². The summed E-state index contributed by atoms with van der Waals surface area (Å²) in [5, 5.41) is 0. The fourth-order valence-electron chi connectivity index (χ4n) is 1.67. The minimum absolute atomic E-state index is 0.201. The summed E-state index contributed by atoms with van der Waals surface area (Å²) in [6.45, 7) is 4.02. The number of nitrogens with two attached hydrogens (primary N) is 1. The van der Waals surface area contributed by atoms with E-state index in [0.717, 1.165) is 19.3 Å². The molecule has 1 aromatic carbocycles. The molecule has 0 spiro atoms. The fourth-order valence-corrected chi connectivity index (χ4v) is 1.67. The molecule has 0 bridgehead atoms. The smallest absolute Gasteiger partial charge is 0.0469 e. The summed E-state index contributed by atoms with van der Waals surface area (Å²) in [6.07, 6.45) is 2.89. The Labute approximate surface area is 98.2 Å². The molecule has 3 N–H and O–H groups in total. The van der Waals surface area contributed by atoms with Crippen molar-refractivity contribution in [2.45, 2.75) is 39.2 Å². The maximum atomic E-state index is 5.56. The molecule has 0 aliphatic carbocycles. The van der Waals surface area contributed by atoms with Crippen molar-refractivity contribution < 1.29 is 0 Å². The van der Waals surface area contributed by atoms with Crippen LogP contribution in [-0.4, -0.2) is 0 Å². The van der Waals surface area contributed by atoms with Crippen molar-refractivity contribution in [3.63, 3.8) is 0 Å². The van der Waals surface area contributed by atoms with Crippen LogP contribution in [0.2, 0.25) is 0 Å². The van der Waals surface area contributed by atoms with Crippen molar-refractivity contribution in [2.75, 3.05) is 0 Å². The lowest BCUT2D eigenvalue weighted by molar-refractivity contribution is 0.523. The van der Waals surface area contributed by atoms with E-state index in [1.165, 1.54) is 11.1 Å². The van der Waals surface area contributed by atoms with Crippen LogP contribution in [0.15, 0.2) is 24.3 Å². The van der Waals surface area contributed by atoms with E-state index in [2.05, 4.69) is 48.5 Å². The molecular weight excluding hydrogens is 196 g/mol. The lowest BCUT2D eigenvalue weighted by Crippen LogP contribution is -2.27. The molecule has 2 nitrogen and oxygen atoms in total. The molecule has 86 valence electrons. The maximum absolute atomic E-state index is 5.56. The molecule has 0 fully saturated rings. The number of nitrogens with one attached hydrogen (secondary N) is 1. The Hall–Kier alpha value is -1.30. The van der Waals surface area contributed by atoms with Crippen LogP contribution in [0.25, 0.3) is 0 Å². The molecule has 1 rings (SSSR count). The van der Waals surface area contributed by atoms with E-state index < -0.39 is 0 Å². The van der Waals surface area contributed by atoms with Gasteiger partial charge in [-0.2, -0.15) is 0 Å². The maximum Gasteiger partial charge on any atom is 0.0469 e. The predicted molar refractivity (Wildman–Crippen MR) is 68.6 cm³/mol. The van der Waals surface area contributed by atoms with Gasteiger partial charge >= 0.3 is 0 Å². The van der Waals surface area contributed by atoms with Crippen LogP contribution >= 0.6 is 0 Å². The zero-order valence-corrected chi connectivity index (χ0v) is 10.1. The molecule has 2 heteroatoms. The number of hydrogen-bond donors (Lipinski definition) is 2. The van der Waals surface area contributed by atoms with Crippen molar-refractivity contribution in [3.05, 3.63) is 35.4 Å². The van der Waals surface area contributed by atoms with Crippen molar-refractivity contribution in [2.24, 2.45) is 5.84 Å². The van der Waals surface area contributed by atoms with Crippen LogP contribution < -0.4 is 11.3 Å². The van der Waals surface area contributed by atoms with Gasteiger partial charge in [0.25, 0.3) is 0 Å². The van der Waals surface area contributed by atoms with Crippen molar-refractivity contribution in [1.82, 2.24) is 5.43 Å². The van der Waals surface area contributed by atoms with E-state index in [1.54, 1.807) is 0 Å². The van der Waals surface area contributed by atoms with Crippen LogP contribution in [0.1, 0.15) is 43.9 Å². The van der Waals surface area contributed by atoms with Crippen LogP contribution in [0.5, 0.6) is 0 Å². The van der Waals surface area contributed by atoms with Gasteiger partial charge in [0.1, 0.15) is 0 Å². The normalized spacial score (nSPS) is 11.7. The molecule has 16 heavy (non-hydrogen) atoms. The van der Waals surface area contributed by atoms with Gasteiger partial charge < -0.3 is 0 Å². The second-order valence-corrected chi connectivity index (χ2v) is 3.78. The molecule has 0 heterocycles. The Morgan fingerprint density at radius 3 is 2.50 bits per heavy atom. The number of benzene rings is 1. The first-order chi connectivity index (χ1) is 7.81. The highest BCUT2D eigenvalue weighted by Crippen LogP contribution is 2.18. The topological polar surface area (TPSA) is 38.0 Å². The second kappa shape index (κ2) is 7.05. The zero-order valence-electron chi connectivity index (χ0n) is 10.1. The summed E-state index contributed by atoms with van der Waals surface area (Å²) in [7, 11) is 0. The molecule has 0 aliphatic heterocycles. The Morgan fingerprint density at radius 1 is 1.31 bits per heavy atom. The van der Waals surface area contributed by atoms with Crippen LogP contribution in [0, 0.1) is 11.8 Å². The average molecular weight is 216 g/mol. The van der Waals surface area contributed by atoms with Gasteiger partial charge in [0.05, 0.1) is 0 Å². The molecular formula is C14H20N2. The van der Waals surface area contributed by atoms with Gasteiger partial charge in [0.2, 0.25) is 0 Å². The first-order valence-electron chi connectivity index (χ1n) is 5.76. The standard InChI is InChI=1S/C14H20N2/c1-3-5-6-7-14(16-15)13-10-8-12(4-2)9-11-13/h8-11,14,16H,4,6-7,15H2,1-2H3. The molecule has 1 atom stereocenters. The SMILES string of the molecule is CC#CCCC(NN)c1ccc(CC)cc1. The molecule has 0 aliphatic rings. The van der Waals surface area contributed by atoms with Gasteiger partial charge in [-0.1, -0.05) is 31.2 Å². The van der Waals surface area contributed by atoms with Crippen molar-refractivity contribution in [3.8, 4) is 11.8 Å². The summed E-state index contributed by atoms with van der Waals surface area (Å²) >= 11 is 0. The Kier molecular flexibility index (Phi) is 5.63. The van der Waals surface area contributed by atoms with Crippen LogP contribution in [0.3, 0.4) is 0 Å². The molecule has 0 amide bonds. The molecule has 0 saturated heterocycles. The summed E-state index contributed by atoms with van der Waals surface area (Å²) < 4.78 is 0. The Morgan fingerprint density at radius 2 is 2.00 bits per heavy atom. The first-order valence-corrected chi connectivity index (χ1v) is 5.76. The number of rotatable bonds is 5. The van der Waals surface area contributed by atoms with Gasteiger partial charge in [0.15, 0.2) is 0 Å². The predicted octanol–water partition coefficient (Wildman–Crippen LogP) is 2.56. The molecule has 0 aromatic heterocycles. The van der Waals surface area contributed by atoms with Gasteiger partial charge in [-0.25, -0.2) is 0 Å². The third-order valence-corrected chi connectivity index (χ3v) is 2.73. The van der Waals surface area contributed by atoms with Gasteiger partial charge in [-0.15, -0.1) is 11.8 Å². The minimum Gasteiger partial charge on any atom is -0.271 e. The van der Waals surface area contributed by atoms with E-state index in [9.17, 15) is 0 Å². The summed E-state index contributed by atoms with van der Waals surface area (Å²) in [5.74, 6) is 11.5. The number of aryl methyl sites for hydroxylation is 1.